The van der Waals surface area contributed by atoms with Crippen LogP contribution >= 0.6 is 0 Å². The third kappa shape index (κ3) is 4.64. The van der Waals surface area contributed by atoms with Crippen LogP contribution in [0.2, 0.25) is 0 Å². The van der Waals surface area contributed by atoms with Crippen LogP contribution in [-0.2, 0) is 12.6 Å². The summed E-state index contributed by atoms with van der Waals surface area (Å²) >= 11 is 0. The minimum Gasteiger partial charge on any atom is -0.484 e. The van der Waals surface area contributed by atoms with Gasteiger partial charge in [0.05, 0.1) is 22.9 Å². The molecule has 1 aromatic heterocycles. The minimum absolute atomic E-state index is 0.0351. The SMILES string of the molecule is N#Cc1ccc(OC(Cc2ccccc2)c2ccccn2)cc1C(F)(F)F. The Morgan fingerprint density at radius 1 is 1.00 bits per heavy atom. The molecule has 0 bridgehead atoms. The number of aromatic nitrogens is 1. The summed E-state index contributed by atoms with van der Waals surface area (Å²) in [5.74, 6) is 0.0351. The van der Waals surface area contributed by atoms with Crippen LogP contribution in [0.3, 0.4) is 0 Å². The van der Waals surface area contributed by atoms with Gasteiger partial charge in [0.1, 0.15) is 11.9 Å². The lowest BCUT2D eigenvalue weighted by Crippen LogP contribution is -2.14. The first-order chi connectivity index (χ1) is 13.0. The predicted octanol–water partition coefficient (Wildman–Crippen LogP) is 5.33. The van der Waals surface area contributed by atoms with E-state index in [1.807, 2.05) is 30.3 Å². The van der Waals surface area contributed by atoms with E-state index in [4.69, 9.17) is 10.00 Å². The molecule has 3 aromatic rings. The highest BCUT2D eigenvalue weighted by Gasteiger charge is 2.34. The van der Waals surface area contributed by atoms with Gasteiger partial charge in [0, 0.05) is 12.6 Å². The van der Waals surface area contributed by atoms with E-state index in [9.17, 15) is 13.2 Å². The van der Waals surface area contributed by atoms with E-state index in [1.54, 1.807) is 30.5 Å². The Bertz CT molecular complexity index is 935. The number of alkyl halides is 3. The number of nitriles is 1. The van der Waals surface area contributed by atoms with E-state index in [-0.39, 0.29) is 5.75 Å². The highest BCUT2D eigenvalue weighted by Crippen LogP contribution is 2.35. The molecule has 0 saturated heterocycles. The van der Waals surface area contributed by atoms with Gasteiger partial charge >= 0.3 is 6.18 Å². The van der Waals surface area contributed by atoms with E-state index in [0.717, 1.165) is 17.7 Å². The second-order valence-corrected chi connectivity index (χ2v) is 5.87. The van der Waals surface area contributed by atoms with Crippen molar-refractivity contribution in [1.29, 1.82) is 5.26 Å². The van der Waals surface area contributed by atoms with Crippen molar-refractivity contribution in [3.63, 3.8) is 0 Å². The molecule has 0 amide bonds. The Hall–Kier alpha value is -3.33. The summed E-state index contributed by atoms with van der Waals surface area (Å²) in [5, 5.41) is 8.93. The van der Waals surface area contributed by atoms with Crippen molar-refractivity contribution in [2.24, 2.45) is 0 Å². The predicted molar refractivity (Wildman–Crippen MR) is 93.9 cm³/mol. The van der Waals surface area contributed by atoms with Gasteiger partial charge in [-0.15, -0.1) is 0 Å². The standard InChI is InChI=1S/C21H15F3N2O/c22-21(23,24)18-13-17(10-9-16(18)14-25)27-20(19-8-4-5-11-26-19)12-15-6-2-1-3-7-15/h1-11,13,20H,12H2. The maximum Gasteiger partial charge on any atom is 0.417 e. The van der Waals surface area contributed by atoms with Crippen molar-refractivity contribution < 1.29 is 17.9 Å². The molecule has 2 aromatic carbocycles. The molecule has 1 heterocycles. The molecule has 3 rings (SSSR count). The number of benzene rings is 2. The van der Waals surface area contributed by atoms with Gasteiger partial charge in [-0.3, -0.25) is 4.98 Å². The Morgan fingerprint density at radius 3 is 2.37 bits per heavy atom. The fourth-order valence-corrected chi connectivity index (χ4v) is 2.69. The Morgan fingerprint density at radius 2 is 1.74 bits per heavy atom. The highest BCUT2D eigenvalue weighted by atomic mass is 19.4. The van der Waals surface area contributed by atoms with Crippen LogP contribution in [0, 0.1) is 11.3 Å². The normalized spacial score (nSPS) is 12.2. The van der Waals surface area contributed by atoms with Crippen molar-refractivity contribution in [2.75, 3.05) is 0 Å². The van der Waals surface area contributed by atoms with Crippen LogP contribution in [0.4, 0.5) is 13.2 Å². The molecule has 1 atom stereocenters. The van der Waals surface area contributed by atoms with Gasteiger partial charge in [-0.25, -0.2) is 0 Å². The van der Waals surface area contributed by atoms with Crippen molar-refractivity contribution in [1.82, 2.24) is 4.98 Å². The van der Waals surface area contributed by atoms with Crippen molar-refractivity contribution in [3.8, 4) is 11.8 Å². The molecule has 0 radical (unpaired) electrons. The number of nitrogens with zero attached hydrogens (tertiary/aromatic N) is 2. The second kappa shape index (κ2) is 7.92. The average molecular weight is 368 g/mol. The molecule has 0 aliphatic heterocycles. The Labute approximate surface area is 154 Å². The van der Waals surface area contributed by atoms with Crippen molar-refractivity contribution in [2.45, 2.75) is 18.7 Å². The molecule has 136 valence electrons. The molecule has 0 N–H and O–H groups in total. The van der Waals surface area contributed by atoms with Gasteiger partial charge in [0.15, 0.2) is 0 Å². The smallest absolute Gasteiger partial charge is 0.417 e. The van der Waals surface area contributed by atoms with E-state index < -0.39 is 23.4 Å². The van der Waals surface area contributed by atoms with Gasteiger partial charge in [-0.05, 0) is 35.9 Å². The van der Waals surface area contributed by atoms with Gasteiger partial charge < -0.3 is 4.74 Å². The molecule has 3 nitrogen and oxygen atoms in total. The lowest BCUT2D eigenvalue weighted by Gasteiger charge is -2.20. The molecule has 0 aliphatic rings. The zero-order valence-corrected chi connectivity index (χ0v) is 14.1. The van der Waals surface area contributed by atoms with Crippen LogP contribution in [-0.4, -0.2) is 4.98 Å². The van der Waals surface area contributed by atoms with Crippen LogP contribution < -0.4 is 4.74 Å². The van der Waals surface area contributed by atoms with Crippen molar-refractivity contribution in [3.05, 3.63) is 95.3 Å². The van der Waals surface area contributed by atoms with Gasteiger partial charge in [0.25, 0.3) is 0 Å². The third-order valence-electron chi connectivity index (χ3n) is 3.98. The summed E-state index contributed by atoms with van der Waals surface area (Å²) in [6, 6.07) is 19.7. The first-order valence-corrected chi connectivity index (χ1v) is 8.20. The fraction of sp³-hybridized carbons (Fsp3) is 0.143. The third-order valence-corrected chi connectivity index (χ3v) is 3.98. The number of hydrogen-bond acceptors (Lipinski definition) is 3. The second-order valence-electron chi connectivity index (χ2n) is 5.87. The first-order valence-electron chi connectivity index (χ1n) is 8.20. The molecule has 0 spiro atoms. The number of ether oxygens (including phenoxy) is 1. The van der Waals surface area contributed by atoms with Gasteiger partial charge in [-0.2, -0.15) is 18.4 Å². The van der Waals surface area contributed by atoms with Crippen molar-refractivity contribution >= 4 is 0 Å². The molecule has 6 heteroatoms. The summed E-state index contributed by atoms with van der Waals surface area (Å²) in [6.07, 6.45) is -3.15. The molecule has 1 unspecified atom stereocenters. The number of halogens is 3. The zero-order valence-electron chi connectivity index (χ0n) is 14.1. The molecular formula is C21H15F3N2O. The van der Waals surface area contributed by atoms with Crippen LogP contribution in [0.5, 0.6) is 5.75 Å². The lowest BCUT2D eigenvalue weighted by molar-refractivity contribution is -0.137. The zero-order chi connectivity index (χ0) is 19.3. The van der Waals surface area contributed by atoms with E-state index >= 15 is 0 Å². The largest absolute Gasteiger partial charge is 0.484 e. The summed E-state index contributed by atoms with van der Waals surface area (Å²) in [5.41, 5.74) is 0.131. The molecule has 0 aliphatic carbocycles. The molecular weight excluding hydrogens is 353 g/mol. The van der Waals surface area contributed by atoms with E-state index in [1.165, 1.54) is 6.07 Å². The monoisotopic (exact) mass is 368 g/mol. The summed E-state index contributed by atoms with van der Waals surface area (Å²) in [4.78, 5) is 4.28. The number of hydrogen-bond donors (Lipinski definition) is 0. The van der Waals surface area contributed by atoms with Gasteiger partial charge in [0.2, 0.25) is 0 Å². The Kier molecular flexibility index (Phi) is 5.41. The first kappa shape index (κ1) is 18.5. The highest BCUT2D eigenvalue weighted by molar-refractivity contribution is 5.44. The maximum atomic E-state index is 13.2. The minimum atomic E-state index is -4.63. The van der Waals surface area contributed by atoms with Crippen LogP contribution in [0.15, 0.2) is 72.9 Å². The Balaban J connectivity index is 1.94. The van der Waals surface area contributed by atoms with Gasteiger partial charge in [-0.1, -0.05) is 36.4 Å². The van der Waals surface area contributed by atoms with E-state index in [2.05, 4.69) is 4.98 Å². The summed E-state index contributed by atoms with van der Waals surface area (Å²) in [7, 11) is 0. The fourth-order valence-electron chi connectivity index (χ4n) is 2.69. The molecule has 0 fully saturated rings. The van der Waals surface area contributed by atoms with E-state index in [0.29, 0.717) is 12.1 Å². The number of pyridine rings is 1. The summed E-state index contributed by atoms with van der Waals surface area (Å²) in [6.45, 7) is 0. The van der Waals surface area contributed by atoms with Crippen LogP contribution in [0.1, 0.15) is 28.5 Å². The molecule has 0 saturated carbocycles. The number of rotatable bonds is 5. The molecule has 27 heavy (non-hydrogen) atoms. The topological polar surface area (TPSA) is 45.9 Å². The quantitative estimate of drug-likeness (QED) is 0.611. The maximum absolute atomic E-state index is 13.2. The lowest BCUT2D eigenvalue weighted by atomic mass is 10.0. The van der Waals surface area contributed by atoms with Crippen LogP contribution in [0.25, 0.3) is 0 Å². The summed E-state index contributed by atoms with van der Waals surface area (Å²) < 4.78 is 45.5. The average Bonchev–Trinajstić information content (AvgIpc) is 2.68.